The Morgan fingerprint density at radius 3 is 2.88 bits per heavy atom. The molecule has 132 valence electrons. The van der Waals surface area contributed by atoms with Gasteiger partial charge >= 0.3 is 5.97 Å². The molecule has 0 unspecified atom stereocenters. The Hall–Kier alpha value is -2.00. The second-order valence-electron chi connectivity index (χ2n) is 5.38. The zero-order chi connectivity index (χ0) is 18.3. The van der Waals surface area contributed by atoms with E-state index in [1.54, 1.807) is 16.8 Å². The highest BCUT2D eigenvalue weighted by atomic mass is 35.5. The molecule has 4 rings (SSSR count). The molecule has 0 aliphatic heterocycles. The molecule has 0 saturated heterocycles. The van der Waals surface area contributed by atoms with E-state index >= 15 is 0 Å². The van der Waals surface area contributed by atoms with Gasteiger partial charge in [-0.25, -0.2) is 9.48 Å². The van der Waals surface area contributed by atoms with Gasteiger partial charge in [0.25, 0.3) is 0 Å². The number of carbonyl (C=O) groups excluding carboxylic acids is 1. The van der Waals surface area contributed by atoms with Crippen molar-refractivity contribution in [2.75, 3.05) is 0 Å². The van der Waals surface area contributed by atoms with Gasteiger partial charge in [-0.2, -0.15) is 5.10 Å². The number of aryl methyl sites for hydroxylation is 1. The summed E-state index contributed by atoms with van der Waals surface area (Å²) in [4.78, 5) is 13.7. The van der Waals surface area contributed by atoms with Crippen LogP contribution in [-0.4, -0.2) is 25.3 Å². The summed E-state index contributed by atoms with van der Waals surface area (Å²) in [6.07, 6.45) is 0. The first-order valence-corrected chi connectivity index (χ1v) is 9.76. The van der Waals surface area contributed by atoms with E-state index in [9.17, 15) is 4.79 Å². The Kier molecular flexibility index (Phi) is 4.66. The first kappa shape index (κ1) is 17.4. The predicted molar refractivity (Wildman–Crippen MR) is 103 cm³/mol. The SMILES string of the molecule is Cc1nn(-c2cccc(Cl)c2)c2sc(C(=O)OCc3nnsc3Cl)cc12. The van der Waals surface area contributed by atoms with Crippen molar-refractivity contribution in [3.8, 4) is 5.69 Å². The van der Waals surface area contributed by atoms with Gasteiger partial charge in [-0.05, 0) is 31.2 Å². The van der Waals surface area contributed by atoms with Crippen molar-refractivity contribution >= 4 is 62.3 Å². The summed E-state index contributed by atoms with van der Waals surface area (Å²) in [7, 11) is 0. The maximum atomic E-state index is 12.4. The summed E-state index contributed by atoms with van der Waals surface area (Å²) in [6, 6.07) is 9.17. The molecule has 0 aliphatic rings. The zero-order valence-corrected chi connectivity index (χ0v) is 16.4. The highest BCUT2D eigenvalue weighted by Gasteiger charge is 2.19. The van der Waals surface area contributed by atoms with E-state index in [-0.39, 0.29) is 6.61 Å². The van der Waals surface area contributed by atoms with Gasteiger partial charge in [-0.3, -0.25) is 0 Å². The second-order valence-corrected chi connectivity index (χ2v) is 8.20. The maximum absolute atomic E-state index is 12.4. The minimum Gasteiger partial charge on any atom is -0.455 e. The second kappa shape index (κ2) is 6.96. The van der Waals surface area contributed by atoms with Crippen molar-refractivity contribution in [2.45, 2.75) is 13.5 Å². The normalized spacial score (nSPS) is 11.2. The lowest BCUT2D eigenvalue weighted by atomic mass is 10.3. The van der Waals surface area contributed by atoms with Crippen molar-refractivity contribution < 1.29 is 9.53 Å². The lowest BCUT2D eigenvalue weighted by Crippen LogP contribution is -2.04. The van der Waals surface area contributed by atoms with E-state index in [1.165, 1.54) is 11.3 Å². The average Bonchev–Trinajstić information content (AvgIpc) is 3.30. The molecule has 3 heterocycles. The van der Waals surface area contributed by atoms with E-state index in [2.05, 4.69) is 14.7 Å². The topological polar surface area (TPSA) is 69.9 Å². The van der Waals surface area contributed by atoms with Crippen LogP contribution in [0.4, 0.5) is 0 Å². The summed E-state index contributed by atoms with van der Waals surface area (Å²) in [5, 5.41) is 9.89. The third-order valence-electron chi connectivity index (χ3n) is 3.65. The molecule has 26 heavy (non-hydrogen) atoms. The Balaban J connectivity index is 1.64. The van der Waals surface area contributed by atoms with Crippen LogP contribution in [0.5, 0.6) is 0 Å². The highest BCUT2D eigenvalue weighted by molar-refractivity contribution is 7.20. The van der Waals surface area contributed by atoms with E-state index in [1.807, 2.05) is 25.1 Å². The molecule has 3 aromatic heterocycles. The quantitative estimate of drug-likeness (QED) is 0.435. The third-order valence-corrected chi connectivity index (χ3v) is 5.96. The Morgan fingerprint density at radius 1 is 1.31 bits per heavy atom. The number of fused-ring (bicyclic) bond motifs is 1. The van der Waals surface area contributed by atoms with Crippen molar-refractivity contribution in [3.63, 3.8) is 0 Å². The Labute approximate surface area is 166 Å². The number of rotatable bonds is 4. The van der Waals surface area contributed by atoms with E-state index in [0.717, 1.165) is 33.1 Å². The smallest absolute Gasteiger partial charge is 0.348 e. The number of benzene rings is 1. The summed E-state index contributed by atoms with van der Waals surface area (Å²) >= 11 is 14.4. The number of aromatic nitrogens is 4. The minimum atomic E-state index is -0.438. The highest BCUT2D eigenvalue weighted by Crippen LogP contribution is 2.31. The molecule has 4 aromatic rings. The van der Waals surface area contributed by atoms with Gasteiger partial charge in [-0.1, -0.05) is 33.8 Å². The molecule has 0 amide bonds. The van der Waals surface area contributed by atoms with Gasteiger partial charge in [0.15, 0.2) is 0 Å². The number of ether oxygens (including phenoxy) is 1. The molecule has 10 heteroatoms. The molecule has 0 spiro atoms. The number of hydrogen-bond acceptors (Lipinski definition) is 7. The maximum Gasteiger partial charge on any atom is 0.348 e. The molecular weight excluding hydrogens is 415 g/mol. The molecule has 0 atom stereocenters. The van der Waals surface area contributed by atoms with Crippen LogP contribution in [0.25, 0.3) is 15.9 Å². The number of thiophene rings is 1. The number of carbonyl (C=O) groups is 1. The van der Waals surface area contributed by atoms with Gasteiger partial charge in [0, 0.05) is 21.9 Å². The van der Waals surface area contributed by atoms with E-state index < -0.39 is 5.97 Å². The first-order valence-electron chi connectivity index (χ1n) is 7.42. The monoisotopic (exact) mass is 424 g/mol. The molecule has 0 bridgehead atoms. The molecule has 0 aliphatic carbocycles. The van der Waals surface area contributed by atoms with Gasteiger partial charge in [0.2, 0.25) is 0 Å². The van der Waals surface area contributed by atoms with E-state index in [4.69, 9.17) is 27.9 Å². The fourth-order valence-electron chi connectivity index (χ4n) is 2.42. The Bertz CT molecular complexity index is 1120. The predicted octanol–water partition coefficient (Wildman–Crippen LogP) is 4.91. The van der Waals surface area contributed by atoms with Gasteiger partial charge in [-0.15, -0.1) is 16.4 Å². The average molecular weight is 425 g/mol. The van der Waals surface area contributed by atoms with Gasteiger partial charge < -0.3 is 4.74 Å². The van der Waals surface area contributed by atoms with Crippen LogP contribution in [0.1, 0.15) is 21.1 Å². The van der Waals surface area contributed by atoms with Crippen LogP contribution in [-0.2, 0) is 11.3 Å². The standard InChI is InChI=1S/C16H10Cl2N4O2S2/c1-8-11-6-13(16(23)24-7-12-14(18)26-21-19-12)25-15(11)22(20-8)10-4-2-3-9(17)5-10/h2-6H,7H2,1H3. The molecule has 0 saturated carbocycles. The van der Waals surface area contributed by atoms with Crippen molar-refractivity contribution in [1.82, 2.24) is 19.4 Å². The van der Waals surface area contributed by atoms with Crippen LogP contribution in [0.3, 0.4) is 0 Å². The van der Waals surface area contributed by atoms with Crippen LogP contribution < -0.4 is 0 Å². The van der Waals surface area contributed by atoms with Crippen molar-refractivity contribution in [3.05, 3.63) is 56.0 Å². The first-order chi connectivity index (χ1) is 12.5. The van der Waals surface area contributed by atoms with Gasteiger partial charge in [0.1, 0.15) is 26.3 Å². The Morgan fingerprint density at radius 2 is 2.15 bits per heavy atom. The van der Waals surface area contributed by atoms with Crippen LogP contribution in [0, 0.1) is 6.92 Å². The number of halogens is 2. The van der Waals surface area contributed by atoms with Crippen LogP contribution >= 0.6 is 46.1 Å². The van der Waals surface area contributed by atoms with Crippen molar-refractivity contribution in [2.24, 2.45) is 0 Å². The van der Waals surface area contributed by atoms with Crippen LogP contribution in [0.15, 0.2) is 30.3 Å². The third kappa shape index (κ3) is 3.21. The molecular formula is C16H10Cl2N4O2S2. The fraction of sp³-hybridized carbons (Fsp3) is 0.125. The number of nitrogens with zero attached hydrogens (tertiary/aromatic N) is 4. The lowest BCUT2D eigenvalue weighted by Gasteiger charge is -2.03. The minimum absolute atomic E-state index is 0.0121. The number of hydrogen-bond donors (Lipinski definition) is 0. The number of esters is 1. The lowest BCUT2D eigenvalue weighted by molar-refractivity contribution is 0.0474. The molecule has 6 nitrogen and oxygen atoms in total. The largest absolute Gasteiger partial charge is 0.455 e. The molecule has 0 radical (unpaired) electrons. The van der Waals surface area contributed by atoms with Crippen molar-refractivity contribution in [1.29, 1.82) is 0 Å². The zero-order valence-electron chi connectivity index (χ0n) is 13.3. The van der Waals surface area contributed by atoms with Crippen LogP contribution in [0.2, 0.25) is 9.36 Å². The van der Waals surface area contributed by atoms with Gasteiger partial charge in [0.05, 0.1) is 11.4 Å². The molecule has 1 aromatic carbocycles. The van der Waals surface area contributed by atoms with E-state index in [0.29, 0.717) is 19.9 Å². The summed E-state index contributed by atoms with van der Waals surface area (Å²) in [5.41, 5.74) is 2.10. The summed E-state index contributed by atoms with van der Waals surface area (Å²) in [6.45, 7) is 1.88. The summed E-state index contributed by atoms with van der Waals surface area (Å²) in [5.74, 6) is -0.438. The summed E-state index contributed by atoms with van der Waals surface area (Å²) < 4.78 is 11.2. The fourth-order valence-corrected chi connectivity index (χ4v) is 4.28. The molecule has 0 fully saturated rings. The molecule has 0 N–H and O–H groups in total.